The van der Waals surface area contributed by atoms with Crippen LogP contribution in [0, 0.1) is 13.8 Å². The molecule has 0 fully saturated rings. The molecule has 3 aromatic carbocycles. The minimum atomic E-state index is -4.15. The van der Waals surface area contributed by atoms with Gasteiger partial charge in [0.15, 0.2) is 0 Å². The first-order valence-electron chi connectivity index (χ1n) is 13.5. The summed E-state index contributed by atoms with van der Waals surface area (Å²) in [5, 5.41) is 3.35. The molecule has 0 aliphatic rings. The van der Waals surface area contributed by atoms with Crippen LogP contribution in [0.5, 0.6) is 0 Å². The van der Waals surface area contributed by atoms with E-state index in [0.29, 0.717) is 29.2 Å². The van der Waals surface area contributed by atoms with E-state index in [1.165, 1.54) is 29.2 Å². The average molecular weight is 584 g/mol. The SMILES string of the molecule is CCCCNC(=O)C(CC)N(Cc1cccc(C)c1)C(=O)CN(c1ccccc1C)S(=O)(=O)c1ccc(Cl)cc1. The molecule has 214 valence electrons. The Bertz CT molecular complexity index is 1410. The number of sulfonamides is 1. The van der Waals surface area contributed by atoms with E-state index in [1.54, 1.807) is 25.1 Å². The zero-order valence-electron chi connectivity index (χ0n) is 23.6. The normalized spacial score (nSPS) is 12.0. The number of unbranched alkanes of at least 4 members (excludes halogenated alkanes) is 1. The van der Waals surface area contributed by atoms with E-state index in [-0.39, 0.29) is 17.3 Å². The van der Waals surface area contributed by atoms with Crippen molar-refractivity contribution in [1.29, 1.82) is 0 Å². The molecule has 3 rings (SSSR count). The number of rotatable bonds is 13. The zero-order valence-corrected chi connectivity index (χ0v) is 25.1. The quantitative estimate of drug-likeness (QED) is 0.255. The van der Waals surface area contributed by atoms with Crippen molar-refractivity contribution < 1.29 is 18.0 Å². The van der Waals surface area contributed by atoms with E-state index >= 15 is 0 Å². The third-order valence-corrected chi connectivity index (χ3v) is 8.74. The highest BCUT2D eigenvalue weighted by molar-refractivity contribution is 7.92. The molecule has 40 heavy (non-hydrogen) atoms. The van der Waals surface area contributed by atoms with Crippen molar-refractivity contribution in [2.45, 2.75) is 64.4 Å². The Morgan fingerprint density at radius 2 is 1.65 bits per heavy atom. The maximum atomic E-state index is 14.1. The largest absolute Gasteiger partial charge is 0.354 e. The van der Waals surface area contributed by atoms with Crippen molar-refractivity contribution in [3.05, 3.63) is 94.5 Å². The fraction of sp³-hybridized carbons (Fsp3) is 0.355. The molecular formula is C31H38ClN3O4S. The minimum Gasteiger partial charge on any atom is -0.354 e. The molecule has 0 bridgehead atoms. The number of hydrogen-bond acceptors (Lipinski definition) is 4. The fourth-order valence-electron chi connectivity index (χ4n) is 4.52. The van der Waals surface area contributed by atoms with Crippen molar-refractivity contribution in [3.8, 4) is 0 Å². The van der Waals surface area contributed by atoms with Crippen LogP contribution >= 0.6 is 11.6 Å². The van der Waals surface area contributed by atoms with E-state index in [1.807, 2.05) is 51.1 Å². The Kier molecular flexibility index (Phi) is 11.2. The van der Waals surface area contributed by atoms with E-state index in [4.69, 9.17) is 11.6 Å². The smallest absolute Gasteiger partial charge is 0.264 e. The minimum absolute atomic E-state index is 0.0162. The lowest BCUT2D eigenvalue weighted by atomic mass is 10.1. The third kappa shape index (κ3) is 7.86. The number of benzene rings is 3. The fourth-order valence-corrected chi connectivity index (χ4v) is 6.13. The lowest BCUT2D eigenvalue weighted by Gasteiger charge is -2.33. The molecule has 1 N–H and O–H groups in total. The number of carbonyl (C=O) groups is 2. The molecule has 0 heterocycles. The molecule has 2 amide bonds. The molecule has 0 saturated heterocycles. The van der Waals surface area contributed by atoms with Gasteiger partial charge in [-0.25, -0.2) is 8.42 Å². The van der Waals surface area contributed by atoms with Gasteiger partial charge in [0.05, 0.1) is 10.6 Å². The van der Waals surface area contributed by atoms with Gasteiger partial charge < -0.3 is 10.2 Å². The van der Waals surface area contributed by atoms with Gasteiger partial charge in [0, 0.05) is 18.1 Å². The van der Waals surface area contributed by atoms with Crippen molar-refractivity contribution >= 4 is 39.1 Å². The van der Waals surface area contributed by atoms with E-state index in [9.17, 15) is 18.0 Å². The average Bonchev–Trinajstić information content (AvgIpc) is 2.92. The van der Waals surface area contributed by atoms with Gasteiger partial charge in [-0.2, -0.15) is 0 Å². The molecule has 0 aliphatic carbocycles. The van der Waals surface area contributed by atoms with Crippen LogP contribution < -0.4 is 9.62 Å². The maximum Gasteiger partial charge on any atom is 0.264 e. The number of hydrogen-bond donors (Lipinski definition) is 1. The standard InChI is InChI=1S/C31H38ClN3O4S/c1-5-7-19-33-31(37)28(6-2)34(21-25-13-10-11-23(3)20-25)30(36)22-35(29-14-9-8-12-24(29)4)40(38,39)27-17-15-26(32)16-18-27/h8-18,20,28H,5-7,19,21-22H2,1-4H3,(H,33,37). The summed E-state index contributed by atoms with van der Waals surface area (Å²) in [6, 6.07) is 19.8. The van der Waals surface area contributed by atoms with Gasteiger partial charge in [-0.1, -0.05) is 79.9 Å². The summed E-state index contributed by atoms with van der Waals surface area (Å²) in [4.78, 5) is 28.9. The van der Waals surface area contributed by atoms with Gasteiger partial charge in [0.1, 0.15) is 12.6 Å². The summed E-state index contributed by atoms with van der Waals surface area (Å²) in [7, 11) is -4.15. The Labute approximate surface area is 243 Å². The summed E-state index contributed by atoms with van der Waals surface area (Å²) < 4.78 is 29.0. The number of para-hydroxylation sites is 1. The van der Waals surface area contributed by atoms with Gasteiger partial charge in [-0.05, 0) is 68.1 Å². The zero-order chi connectivity index (χ0) is 29.3. The van der Waals surface area contributed by atoms with E-state index < -0.39 is 28.5 Å². The second-order valence-electron chi connectivity index (χ2n) is 9.83. The summed E-state index contributed by atoms with van der Waals surface area (Å²) in [5.74, 6) is -0.722. The first kappa shape index (κ1) is 31.2. The Morgan fingerprint density at radius 3 is 2.27 bits per heavy atom. The Morgan fingerprint density at radius 1 is 0.950 bits per heavy atom. The topological polar surface area (TPSA) is 86.8 Å². The maximum absolute atomic E-state index is 14.1. The number of amides is 2. The van der Waals surface area contributed by atoms with Crippen LogP contribution in [0.15, 0.2) is 77.7 Å². The third-order valence-electron chi connectivity index (χ3n) is 6.72. The molecule has 0 radical (unpaired) electrons. The van der Waals surface area contributed by atoms with Gasteiger partial charge in [0.2, 0.25) is 11.8 Å². The second-order valence-corrected chi connectivity index (χ2v) is 12.1. The van der Waals surface area contributed by atoms with Crippen molar-refractivity contribution in [3.63, 3.8) is 0 Å². The van der Waals surface area contributed by atoms with Gasteiger partial charge in [0.25, 0.3) is 10.0 Å². The van der Waals surface area contributed by atoms with Crippen LogP contribution in [0.1, 0.15) is 49.8 Å². The van der Waals surface area contributed by atoms with Crippen molar-refractivity contribution in [1.82, 2.24) is 10.2 Å². The number of nitrogens with one attached hydrogen (secondary N) is 1. The van der Waals surface area contributed by atoms with Crippen LogP contribution in [0.4, 0.5) is 5.69 Å². The number of nitrogens with zero attached hydrogens (tertiary/aromatic N) is 2. The Balaban J connectivity index is 2.05. The second kappa shape index (κ2) is 14.3. The highest BCUT2D eigenvalue weighted by Crippen LogP contribution is 2.28. The molecule has 1 atom stereocenters. The lowest BCUT2D eigenvalue weighted by molar-refractivity contribution is -0.140. The molecule has 0 spiro atoms. The van der Waals surface area contributed by atoms with E-state index in [2.05, 4.69) is 5.32 Å². The molecular weight excluding hydrogens is 546 g/mol. The number of aryl methyl sites for hydroxylation is 2. The lowest BCUT2D eigenvalue weighted by Crippen LogP contribution is -2.52. The Hall–Kier alpha value is -3.36. The highest BCUT2D eigenvalue weighted by atomic mass is 35.5. The van der Waals surface area contributed by atoms with Gasteiger partial charge in [-0.15, -0.1) is 0 Å². The molecule has 0 saturated carbocycles. The van der Waals surface area contributed by atoms with Crippen LogP contribution in [-0.2, 0) is 26.2 Å². The predicted molar refractivity (Wildman–Crippen MR) is 161 cm³/mol. The summed E-state index contributed by atoms with van der Waals surface area (Å²) in [6.45, 7) is 7.86. The van der Waals surface area contributed by atoms with E-state index in [0.717, 1.165) is 28.3 Å². The highest BCUT2D eigenvalue weighted by Gasteiger charge is 2.34. The van der Waals surface area contributed by atoms with Gasteiger partial charge >= 0.3 is 0 Å². The monoisotopic (exact) mass is 583 g/mol. The molecule has 9 heteroatoms. The summed E-state index contributed by atoms with van der Waals surface area (Å²) in [6.07, 6.45) is 2.13. The summed E-state index contributed by atoms with van der Waals surface area (Å²) in [5.41, 5.74) is 2.97. The first-order chi connectivity index (χ1) is 19.1. The number of anilines is 1. The molecule has 0 aliphatic heterocycles. The van der Waals surface area contributed by atoms with Crippen LogP contribution in [0.3, 0.4) is 0 Å². The number of halogens is 1. The number of carbonyl (C=O) groups excluding carboxylic acids is 2. The predicted octanol–water partition coefficient (Wildman–Crippen LogP) is 5.88. The molecule has 7 nitrogen and oxygen atoms in total. The molecule has 0 aromatic heterocycles. The van der Waals surface area contributed by atoms with Crippen LogP contribution in [0.25, 0.3) is 0 Å². The van der Waals surface area contributed by atoms with Crippen LogP contribution in [-0.4, -0.2) is 44.3 Å². The first-order valence-corrected chi connectivity index (χ1v) is 15.4. The molecule has 3 aromatic rings. The van der Waals surface area contributed by atoms with Crippen molar-refractivity contribution in [2.75, 3.05) is 17.4 Å². The van der Waals surface area contributed by atoms with Crippen molar-refractivity contribution in [2.24, 2.45) is 0 Å². The molecule has 1 unspecified atom stereocenters. The van der Waals surface area contributed by atoms with Crippen LogP contribution in [0.2, 0.25) is 5.02 Å². The summed E-state index contributed by atoms with van der Waals surface area (Å²) >= 11 is 6.02. The van der Waals surface area contributed by atoms with Gasteiger partial charge in [-0.3, -0.25) is 13.9 Å².